The van der Waals surface area contributed by atoms with Gasteiger partial charge in [0.1, 0.15) is 0 Å². The minimum absolute atomic E-state index is 0.144. The molecule has 3 N–H and O–H groups in total. The van der Waals surface area contributed by atoms with Crippen LogP contribution in [0.1, 0.15) is 24.2 Å². The van der Waals surface area contributed by atoms with Crippen LogP contribution in [-0.2, 0) is 4.84 Å². The first-order valence-corrected chi connectivity index (χ1v) is 5.64. The second-order valence-electron chi connectivity index (χ2n) is 4.16. The van der Waals surface area contributed by atoms with Crippen molar-refractivity contribution in [1.82, 2.24) is 5.32 Å². The third-order valence-electron chi connectivity index (χ3n) is 2.00. The van der Waals surface area contributed by atoms with Gasteiger partial charge in [0.2, 0.25) is 0 Å². The summed E-state index contributed by atoms with van der Waals surface area (Å²) in [4.78, 5) is 16.4. The Hall–Kier alpha value is -0.910. The molecule has 1 aromatic carbocycles. The molecule has 5 heteroatoms. The fraction of sp³-hybridized carbons (Fsp3) is 0.364. The maximum atomic E-state index is 11.8. The van der Waals surface area contributed by atoms with Crippen LogP contribution in [0.2, 0.25) is 0 Å². The summed E-state index contributed by atoms with van der Waals surface area (Å²) < 4.78 is 0.939. The van der Waals surface area contributed by atoms with E-state index < -0.39 is 5.54 Å². The molecule has 16 heavy (non-hydrogen) atoms. The van der Waals surface area contributed by atoms with Gasteiger partial charge in [-0.15, -0.1) is 0 Å². The molecule has 88 valence electrons. The molecule has 0 unspecified atom stereocenters. The molecule has 1 rings (SSSR count). The van der Waals surface area contributed by atoms with Crippen molar-refractivity contribution in [2.75, 3.05) is 6.61 Å². The third kappa shape index (κ3) is 3.92. The molecule has 0 saturated carbocycles. The fourth-order valence-corrected chi connectivity index (χ4v) is 1.49. The highest BCUT2D eigenvalue weighted by Gasteiger charge is 2.21. The van der Waals surface area contributed by atoms with Gasteiger partial charge in [-0.2, -0.15) is 0 Å². The molecule has 0 aromatic heterocycles. The molecular formula is C11H15BrN2O2. The molecule has 0 aliphatic carbocycles. The first-order valence-electron chi connectivity index (χ1n) is 4.84. The quantitative estimate of drug-likeness (QED) is 0.831. The molecule has 0 aliphatic heterocycles. The Bertz CT molecular complexity index is 363. The monoisotopic (exact) mass is 286 g/mol. The number of rotatable bonds is 4. The Morgan fingerprint density at radius 1 is 1.44 bits per heavy atom. The number of carbonyl (C=O) groups excluding carboxylic acids is 1. The van der Waals surface area contributed by atoms with E-state index in [-0.39, 0.29) is 12.5 Å². The number of halogens is 1. The molecular weight excluding hydrogens is 272 g/mol. The van der Waals surface area contributed by atoms with Crippen molar-refractivity contribution >= 4 is 21.8 Å². The van der Waals surface area contributed by atoms with Gasteiger partial charge in [0.15, 0.2) is 0 Å². The summed E-state index contributed by atoms with van der Waals surface area (Å²) in [7, 11) is 0. The zero-order valence-corrected chi connectivity index (χ0v) is 10.9. The van der Waals surface area contributed by atoms with Crippen LogP contribution in [0.4, 0.5) is 0 Å². The van der Waals surface area contributed by atoms with Crippen molar-refractivity contribution < 1.29 is 9.63 Å². The number of nitrogens with two attached hydrogens (primary N) is 1. The standard InChI is InChI=1S/C11H15BrN2O2/c1-11(2,7-16-13)14-10(15)8-3-5-9(12)6-4-8/h3-6H,7,13H2,1-2H3,(H,14,15). The van der Waals surface area contributed by atoms with Crippen molar-refractivity contribution in [3.05, 3.63) is 34.3 Å². The van der Waals surface area contributed by atoms with E-state index in [0.29, 0.717) is 5.56 Å². The predicted octanol–water partition coefficient (Wildman–Crippen LogP) is 1.85. The summed E-state index contributed by atoms with van der Waals surface area (Å²) in [6.45, 7) is 3.95. The number of carbonyl (C=O) groups is 1. The highest BCUT2D eigenvalue weighted by atomic mass is 79.9. The van der Waals surface area contributed by atoms with Crippen LogP contribution in [0.15, 0.2) is 28.7 Å². The molecule has 0 spiro atoms. The van der Waals surface area contributed by atoms with Crippen LogP contribution >= 0.6 is 15.9 Å². The highest BCUT2D eigenvalue weighted by Crippen LogP contribution is 2.11. The summed E-state index contributed by atoms with van der Waals surface area (Å²) in [6.07, 6.45) is 0. The molecule has 1 aromatic rings. The van der Waals surface area contributed by atoms with Crippen LogP contribution in [0, 0.1) is 0 Å². The number of amides is 1. The van der Waals surface area contributed by atoms with Crippen molar-refractivity contribution in [1.29, 1.82) is 0 Å². The summed E-state index contributed by atoms with van der Waals surface area (Å²) >= 11 is 3.31. The third-order valence-corrected chi connectivity index (χ3v) is 2.53. The van der Waals surface area contributed by atoms with E-state index in [1.165, 1.54) is 0 Å². The summed E-state index contributed by atoms with van der Waals surface area (Å²) in [5.74, 6) is 4.85. The molecule has 0 saturated heterocycles. The van der Waals surface area contributed by atoms with Crippen LogP contribution in [0.5, 0.6) is 0 Å². The van der Waals surface area contributed by atoms with Crippen LogP contribution in [0.25, 0.3) is 0 Å². The lowest BCUT2D eigenvalue weighted by Gasteiger charge is -2.24. The van der Waals surface area contributed by atoms with Gasteiger partial charge >= 0.3 is 0 Å². The molecule has 0 radical (unpaired) electrons. The normalized spacial score (nSPS) is 11.2. The van der Waals surface area contributed by atoms with Gasteiger partial charge in [0.25, 0.3) is 5.91 Å². The largest absolute Gasteiger partial charge is 0.345 e. The van der Waals surface area contributed by atoms with E-state index in [0.717, 1.165) is 4.47 Å². The van der Waals surface area contributed by atoms with Crippen molar-refractivity contribution in [3.63, 3.8) is 0 Å². The zero-order chi connectivity index (χ0) is 12.2. The van der Waals surface area contributed by atoms with Crippen LogP contribution < -0.4 is 11.2 Å². The molecule has 0 bridgehead atoms. The average Bonchev–Trinajstić information content (AvgIpc) is 2.17. The summed E-state index contributed by atoms with van der Waals surface area (Å²) in [6, 6.07) is 7.14. The smallest absolute Gasteiger partial charge is 0.251 e. The van der Waals surface area contributed by atoms with Gasteiger partial charge in [-0.05, 0) is 38.1 Å². The lowest BCUT2D eigenvalue weighted by molar-refractivity contribution is 0.0687. The van der Waals surface area contributed by atoms with E-state index in [1.807, 2.05) is 26.0 Å². The fourth-order valence-electron chi connectivity index (χ4n) is 1.23. The SMILES string of the molecule is CC(C)(CON)NC(=O)c1ccc(Br)cc1. The second kappa shape index (κ2) is 5.43. The second-order valence-corrected chi connectivity index (χ2v) is 5.07. The molecule has 1 amide bonds. The maximum Gasteiger partial charge on any atom is 0.251 e. The van der Waals surface area contributed by atoms with Gasteiger partial charge in [0, 0.05) is 10.0 Å². The number of hydrogen-bond acceptors (Lipinski definition) is 3. The van der Waals surface area contributed by atoms with Gasteiger partial charge in [-0.25, -0.2) is 5.90 Å². The first kappa shape index (κ1) is 13.2. The Morgan fingerprint density at radius 2 is 2.00 bits per heavy atom. The molecule has 0 atom stereocenters. The van der Waals surface area contributed by atoms with Gasteiger partial charge in [-0.3, -0.25) is 4.79 Å². The minimum Gasteiger partial charge on any atom is -0.345 e. The van der Waals surface area contributed by atoms with Crippen molar-refractivity contribution in [2.24, 2.45) is 5.90 Å². The molecule has 0 fully saturated rings. The van der Waals surface area contributed by atoms with E-state index in [4.69, 9.17) is 5.90 Å². The Balaban J connectivity index is 2.69. The lowest BCUT2D eigenvalue weighted by Crippen LogP contribution is -2.47. The van der Waals surface area contributed by atoms with Gasteiger partial charge in [-0.1, -0.05) is 15.9 Å². The number of hydrogen-bond donors (Lipinski definition) is 2. The lowest BCUT2D eigenvalue weighted by atomic mass is 10.1. The molecule has 0 heterocycles. The predicted molar refractivity (Wildman–Crippen MR) is 65.8 cm³/mol. The summed E-state index contributed by atoms with van der Waals surface area (Å²) in [5, 5.41) is 2.83. The topological polar surface area (TPSA) is 64.3 Å². The van der Waals surface area contributed by atoms with Crippen molar-refractivity contribution in [2.45, 2.75) is 19.4 Å². The Morgan fingerprint density at radius 3 is 2.50 bits per heavy atom. The Kier molecular flexibility index (Phi) is 4.46. The van der Waals surface area contributed by atoms with E-state index in [1.54, 1.807) is 12.1 Å². The average molecular weight is 287 g/mol. The molecule has 4 nitrogen and oxygen atoms in total. The maximum absolute atomic E-state index is 11.8. The minimum atomic E-state index is -0.487. The van der Waals surface area contributed by atoms with Gasteiger partial charge < -0.3 is 10.2 Å². The van der Waals surface area contributed by atoms with Gasteiger partial charge in [0.05, 0.1) is 12.1 Å². The molecule has 0 aliphatic rings. The number of nitrogens with one attached hydrogen (secondary N) is 1. The van der Waals surface area contributed by atoms with Crippen LogP contribution in [-0.4, -0.2) is 18.1 Å². The van der Waals surface area contributed by atoms with E-state index in [9.17, 15) is 4.79 Å². The zero-order valence-electron chi connectivity index (χ0n) is 9.29. The van der Waals surface area contributed by atoms with Crippen LogP contribution in [0.3, 0.4) is 0 Å². The Labute approximate surface area is 103 Å². The first-order chi connectivity index (χ1) is 7.44. The number of benzene rings is 1. The van der Waals surface area contributed by atoms with Crippen molar-refractivity contribution in [3.8, 4) is 0 Å². The highest BCUT2D eigenvalue weighted by molar-refractivity contribution is 9.10. The van der Waals surface area contributed by atoms with E-state index >= 15 is 0 Å². The van der Waals surface area contributed by atoms with E-state index in [2.05, 4.69) is 26.1 Å². The summed E-state index contributed by atoms with van der Waals surface area (Å²) in [5.41, 5.74) is 0.118.